The van der Waals surface area contributed by atoms with Crippen LogP contribution in [0.5, 0.6) is 0 Å². The first-order valence-corrected chi connectivity index (χ1v) is 5.22. The van der Waals surface area contributed by atoms with Crippen LogP contribution in [0.4, 0.5) is 0 Å². The number of rotatable bonds is 1. The third kappa shape index (κ3) is 3.84. The van der Waals surface area contributed by atoms with Crippen molar-refractivity contribution in [3.05, 3.63) is 30.1 Å². The second-order valence-electron chi connectivity index (χ2n) is 3.77. The minimum Gasteiger partial charge on any atom is -0.332 e. The lowest BCUT2D eigenvalue weighted by atomic mass is 10.2. The minimum absolute atomic E-state index is 0. The van der Waals surface area contributed by atoms with Crippen molar-refractivity contribution in [1.29, 1.82) is 0 Å². The van der Waals surface area contributed by atoms with Crippen LogP contribution in [0.3, 0.4) is 0 Å². The van der Waals surface area contributed by atoms with Crippen LogP contribution < -0.4 is 5.32 Å². The number of aromatic nitrogens is 1. The van der Waals surface area contributed by atoms with E-state index in [1.54, 1.807) is 12.3 Å². The molecule has 1 N–H and O–H groups in total. The molecular formula is C11H17Cl2N3O. The van der Waals surface area contributed by atoms with Gasteiger partial charge in [-0.15, -0.1) is 24.8 Å². The van der Waals surface area contributed by atoms with Crippen LogP contribution in [0.25, 0.3) is 0 Å². The monoisotopic (exact) mass is 277 g/mol. The van der Waals surface area contributed by atoms with Gasteiger partial charge in [-0.2, -0.15) is 0 Å². The zero-order chi connectivity index (χ0) is 10.7. The van der Waals surface area contributed by atoms with Crippen LogP contribution >= 0.6 is 24.8 Å². The summed E-state index contributed by atoms with van der Waals surface area (Å²) < 4.78 is 0. The third-order valence-electron chi connectivity index (χ3n) is 2.65. The van der Waals surface area contributed by atoms with Crippen molar-refractivity contribution >= 4 is 30.7 Å². The Balaban J connectivity index is 0.00000128. The van der Waals surface area contributed by atoms with Crippen LogP contribution in [0.1, 0.15) is 17.4 Å². The maximum Gasteiger partial charge on any atom is 0.272 e. The van der Waals surface area contributed by atoms with E-state index < -0.39 is 0 Å². The first-order chi connectivity index (χ1) is 7.29. The lowest BCUT2D eigenvalue weighted by molar-refractivity contribution is 0.0649. The van der Waals surface area contributed by atoms with Gasteiger partial charge in [0.1, 0.15) is 5.69 Å². The van der Waals surface area contributed by atoms with Crippen LogP contribution in [-0.4, -0.2) is 41.5 Å². The molecule has 96 valence electrons. The summed E-state index contributed by atoms with van der Waals surface area (Å²) in [5.41, 5.74) is 0.534. The van der Waals surface area contributed by atoms with Crippen molar-refractivity contribution in [3.8, 4) is 0 Å². The maximum atomic E-state index is 12.0. The van der Waals surface area contributed by atoms with Gasteiger partial charge in [-0.1, -0.05) is 6.07 Å². The summed E-state index contributed by atoms with van der Waals surface area (Å²) in [7, 11) is 0. The summed E-state index contributed by atoms with van der Waals surface area (Å²) in [6.45, 7) is 4.53. The molecule has 0 aromatic carbocycles. The molecule has 1 atom stereocenters. The van der Waals surface area contributed by atoms with Crippen molar-refractivity contribution in [2.75, 3.05) is 19.6 Å². The molecule has 0 aliphatic carbocycles. The number of amides is 1. The number of hydrogen-bond donors (Lipinski definition) is 1. The topological polar surface area (TPSA) is 45.2 Å². The molecule has 0 bridgehead atoms. The quantitative estimate of drug-likeness (QED) is 0.843. The summed E-state index contributed by atoms with van der Waals surface area (Å²) >= 11 is 0. The van der Waals surface area contributed by atoms with E-state index in [4.69, 9.17) is 0 Å². The molecule has 1 unspecified atom stereocenters. The van der Waals surface area contributed by atoms with Crippen molar-refractivity contribution < 1.29 is 4.79 Å². The Morgan fingerprint density at radius 2 is 2.24 bits per heavy atom. The van der Waals surface area contributed by atoms with E-state index in [1.807, 2.05) is 24.0 Å². The van der Waals surface area contributed by atoms with Gasteiger partial charge >= 0.3 is 0 Å². The second kappa shape index (κ2) is 7.48. The third-order valence-corrected chi connectivity index (χ3v) is 2.65. The van der Waals surface area contributed by atoms with Gasteiger partial charge in [-0.25, -0.2) is 0 Å². The molecule has 0 spiro atoms. The number of halogens is 2. The summed E-state index contributed by atoms with van der Waals surface area (Å²) in [6, 6.07) is 5.66. The molecule has 1 aliphatic rings. The molecule has 1 saturated heterocycles. The summed E-state index contributed by atoms with van der Waals surface area (Å²) in [5, 5.41) is 3.26. The van der Waals surface area contributed by atoms with Crippen LogP contribution in [0.15, 0.2) is 24.4 Å². The van der Waals surface area contributed by atoms with Crippen molar-refractivity contribution in [1.82, 2.24) is 15.2 Å². The average molecular weight is 278 g/mol. The fourth-order valence-corrected chi connectivity index (χ4v) is 1.78. The zero-order valence-corrected chi connectivity index (χ0v) is 11.3. The minimum atomic E-state index is 0. The predicted octanol–water partition coefficient (Wildman–Crippen LogP) is 1.36. The van der Waals surface area contributed by atoms with Gasteiger partial charge in [0, 0.05) is 31.9 Å². The smallest absolute Gasteiger partial charge is 0.272 e. The summed E-state index contributed by atoms with van der Waals surface area (Å²) in [4.78, 5) is 18.0. The van der Waals surface area contributed by atoms with Crippen molar-refractivity contribution in [2.45, 2.75) is 13.0 Å². The van der Waals surface area contributed by atoms with Gasteiger partial charge in [-0.3, -0.25) is 9.78 Å². The Bertz CT molecular complexity index is 348. The molecule has 0 saturated carbocycles. The maximum absolute atomic E-state index is 12.0. The Morgan fingerprint density at radius 3 is 2.82 bits per heavy atom. The van der Waals surface area contributed by atoms with Crippen LogP contribution in [-0.2, 0) is 0 Å². The van der Waals surface area contributed by atoms with Gasteiger partial charge in [0.25, 0.3) is 5.91 Å². The summed E-state index contributed by atoms with van der Waals surface area (Å²) in [5.74, 6) is 0.0320. The Morgan fingerprint density at radius 1 is 1.47 bits per heavy atom. The van der Waals surface area contributed by atoms with Crippen molar-refractivity contribution in [2.24, 2.45) is 0 Å². The number of carbonyl (C=O) groups excluding carboxylic acids is 1. The first kappa shape index (κ1) is 16.2. The molecule has 2 rings (SSSR count). The number of piperazine rings is 1. The zero-order valence-electron chi connectivity index (χ0n) is 9.63. The second-order valence-corrected chi connectivity index (χ2v) is 3.77. The SMILES string of the molecule is CC1CNCCN1C(=O)c1ccccn1.Cl.Cl. The van der Waals surface area contributed by atoms with Crippen LogP contribution in [0.2, 0.25) is 0 Å². The fraction of sp³-hybridized carbons (Fsp3) is 0.455. The number of hydrogen-bond acceptors (Lipinski definition) is 3. The highest BCUT2D eigenvalue weighted by Gasteiger charge is 2.24. The molecule has 1 fully saturated rings. The highest BCUT2D eigenvalue weighted by Crippen LogP contribution is 2.07. The van der Waals surface area contributed by atoms with Gasteiger partial charge in [0.05, 0.1) is 0 Å². The molecule has 1 amide bonds. The lowest BCUT2D eigenvalue weighted by Crippen LogP contribution is -2.52. The standard InChI is InChI=1S/C11H15N3O.2ClH/c1-9-8-12-6-7-14(9)11(15)10-4-2-3-5-13-10;;/h2-5,9,12H,6-8H2,1H3;2*1H. The van der Waals surface area contributed by atoms with Gasteiger partial charge in [-0.05, 0) is 19.1 Å². The van der Waals surface area contributed by atoms with Gasteiger partial charge in [0.2, 0.25) is 0 Å². The number of nitrogens with one attached hydrogen (secondary N) is 1. The van der Waals surface area contributed by atoms with E-state index in [0.29, 0.717) is 5.69 Å². The number of nitrogens with zero attached hydrogens (tertiary/aromatic N) is 2. The molecule has 17 heavy (non-hydrogen) atoms. The van der Waals surface area contributed by atoms with Crippen LogP contribution in [0, 0.1) is 0 Å². The summed E-state index contributed by atoms with van der Waals surface area (Å²) in [6.07, 6.45) is 1.65. The molecule has 1 aliphatic heterocycles. The van der Waals surface area contributed by atoms with Gasteiger partial charge < -0.3 is 10.2 Å². The molecule has 6 heteroatoms. The van der Waals surface area contributed by atoms with E-state index in [1.165, 1.54) is 0 Å². The van der Waals surface area contributed by atoms with Gasteiger partial charge in [0.15, 0.2) is 0 Å². The number of pyridine rings is 1. The van der Waals surface area contributed by atoms with Crippen molar-refractivity contribution in [3.63, 3.8) is 0 Å². The molecule has 1 aromatic rings. The van der Waals surface area contributed by atoms with E-state index in [-0.39, 0.29) is 36.8 Å². The largest absolute Gasteiger partial charge is 0.332 e. The highest BCUT2D eigenvalue weighted by molar-refractivity contribution is 5.92. The molecular weight excluding hydrogens is 261 g/mol. The Kier molecular flexibility index (Phi) is 7.11. The van der Waals surface area contributed by atoms with E-state index in [0.717, 1.165) is 19.6 Å². The van der Waals surface area contributed by atoms with E-state index in [2.05, 4.69) is 10.3 Å². The normalized spacial score (nSPS) is 18.9. The average Bonchev–Trinajstić information content (AvgIpc) is 2.30. The molecule has 1 aromatic heterocycles. The highest BCUT2D eigenvalue weighted by atomic mass is 35.5. The Hall–Kier alpha value is -0.840. The van der Waals surface area contributed by atoms with E-state index >= 15 is 0 Å². The predicted molar refractivity (Wildman–Crippen MR) is 72.1 cm³/mol. The first-order valence-electron chi connectivity index (χ1n) is 5.22. The fourth-order valence-electron chi connectivity index (χ4n) is 1.78. The molecule has 2 heterocycles. The van der Waals surface area contributed by atoms with E-state index in [9.17, 15) is 4.79 Å². The number of carbonyl (C=O) groups is 1. The molecule has 4 nitrogen and oxygen atoms in total. The lowest BCUT2D eigenvalue weighted by Gasteiger charge is -2.33. The Labute approximate surface area is 114 Å². The molecule has 0 radical (unpaired) electrons.